The third-order valence-electron chi connectivity index (χ3n) is 3.78. The van der Waals surface area contributed by atoms with Gasteiger partial charge in [-0.15, -0.1) is 11.3 Å². The van der Waals surface area contributed by atoms with Gasteiger partial charge in [-0.3, -0.25) is 0 Å². The lowest BCUT2D eigenvalue weighted by Gasteiger charge is -2.12. The van der Waals surface area contributed by atoms with Gasteiger partial charge in [-0.1, -0.05) is 31.2 Å². The Labute approximate surface area is 160 Å². The molecule has 142 valence electrons. The molecule has 6 heteroatoms. The van der Waals surface area contributed by atoms with Gasteiger partial charge < -0.3 is 15.4 Å². The summed E-state index contributed by atoms with van der Waals surface area (Å²) in [7, 11) is 0. The summed E-state index contributed by atoms with van der Waals surface area (Å²) in [5, 5.41) is 7.86. The molecule has 0 aliphatic rings. The molecule has 1 aromatic carbocycles. The molecule has 2 aromatic rings. The fourth-order valence-electron chi connectivity index (χ4n) is 2.49. The number of ether oxygens (including phenoxy) is 1. The number of hydrogen-bond acceptors (Lipinski definition) is 4. The highest BCUT2D eigenvalue weighted by atomic mass is 32.1. The van der Waals surface area contributed by atoms with Gasteiger partial charge in [0.1, 0.15) is 0 Å². The molecule has 0 saturated heterocycles. The van der Waals surface area contributed by atoms with Crippen molar-refractivity contribution in [3.63, 3.8) is 0 Å². The molecular weight excluding hydrogens is 344 g/mol. The van der Waals surface area contributed by atoms with Crippen LogP contribution >= 0.6 is 11.3 Å². The van der Waals surface area contributed by atoms with E-state index in [2.05, 4.69) is 60.7 Å². The lowest BCUT2D eigenvalue weighted by molar-refractivity contribution is 0.121. The van der Waals surface area contributed by atoms with Crippen LogP contribution in [0.5, 0.6) is 0 Å². The van der Waals surface area contributed by atoms with Crippen LogP contribution in [0.1, 0.15) is 41.3 Å². The third-order valence-corrected chi connectivity index (χ3v) is 4.75. The summed E-state index contributed by atoms with van der Waals surface area (Å²) in [6, 6.07) is 8.35. The smallest absolute Gasteiger partial charge is 0.191 e. The summed E-state index contributed by atoms with van der Waals surface area (Å²) in [5.41, 5.74) is 2.41. The van der Waals surface area contributed by atoms with Gasteiger partial charge in [0.25, 0.3) is 0 Å². The van der Waals surface area contributed by atoms with E-state index in [4.69, 9.17) is 9.73 Å². The number of hydrogen-bond donors (Lipinski definition) is 2. The standard InChI is InChI=1S/C20H30N4OS/c1-4-12-25-15-18-9-7-6-8-17(18)14-24-20(21-5-2)22-11-10-19-23-13-16(3)26-19/h6-9,13H,4-5,10-12,14-15H2,1-3H3,(H2,21,22,24). The Hall–Kier alpha value is -1.92. The number of thiazole rings is 1. The summed E-state index contributed by atoms with van der Waals surface area (Å²) >= 11 is 1.75. The van der Waals surface area contributed by atoms with Crippen LogP contribution < -0.4 is 10.6 Å². The normalized spacial score (nSPS) is 11.6. The molecule has 0 spiro atoms. The maximum absolute atomic E-state index is 5.69. The number of rotatable bonds is 10. The number of aliphatic imine (C=N–C) groups is 1. The average molecular weight is 375 g/mol. The number of aryl methyl sites for hydroxylation is 1. The predicted molar refractivity (Wildman–Crippen MR) is 110 cm³/mol. The van der Waals surface area contributed by atoms with Crippen LogP contribution in [0, 0.1) is 6.92 Å². The van der Waals surface area contributed by atoms with Crippen molar-refractivity contribution in [2.45, 2.75) is 46.8 Å². The van der Waals surface area contributed by atoms with Crippen LogP contribution in [0.15, 0.2) is 35.5 Å². The van der Waals surface area contributed by atoms with Crippen LogP contribution in [0.4, 0.5) is 0 Å². The SMILES string of the molecule is CCCOCc1ccccc1CN=C(NCC)NCCc1ncc(C)s1. The van der Waals surface area contributed by atoms with Crippen molar-refractivity contribution in [2.24, 2.45) is 4.99 Å². The zero-order valence-corrected chi connectivity index (χ0v) is 16.9. The highest BCUT2D eigenvalue weighted by molar-refractivity contribution is 7.11. The zero-order chi connectivity index (χ0) is 18.6. The second-order valence-electron chi connectivity index (χ2n) is 6.06. The topological polar surface area (TPSA) is 58.5 Å². The van der Waals surface area contributed by atoms with Gasteiger partial charge in [-0.2, -0.15) is 0 Å². The first kappa shape index (κ1) is 20.4. The summed E-state index contributed by atoms with van der Waals surface area (Å²) in [6.45, 7) is 10.0. The fourth-order valence-corrected chi connectivity index (χ4v) is 3.28. The van der Waals surface area contributed by atoms with Crippen molar-refractivity contribution >= 4 is 17.3 Å². The third kappa shape index (κ3) is 7.14. The molecule has 0 aliphatic carbocycles. The van der Waals surface area contributed by atoms with Crippen molar-refractivity contribution < 1.29 is 4.74 Å². The summed E-state index contributed by atoms with van der Waals surface area (Å²) < 4.78 is 5.69. The monoisotopic (exact) mass is 374 g/mol. The van der Waals surface area contributed by atoms with Crippen molar-refractivity contribution in [1.29, 1.82) is 0 Å². The molecular formula is C20H30N4OS. The molecule has 0 saturated carbocycles. The Morgan fingerprint density at radius 1 is 1.19 bits per heavy atom. The summed E-state index contributed by atoms with van der Waals surface area (Å²) in [6.07, 6.45) is 3.87. The van der Waals surface area contributed by atoms with E-state index in [1.165, 1.54) is 16.0 Å². The van der Waals surface area contributed by atoms with Crippen LogP contribution in [0.2, 0.25) is 0 Å². The van der Waals surface area contributed by atoms with E-state index in [9.17, 15) is 0 Å². The van der Waals surface area contributed by atoms with E-state index in [1.807, 2.05) is 6.20 Å². The van der Waals surface area contributed by atoms with Gasteiger partial charge in [0.05, 0.1) is 18.2 Å². The van der Waals surface area contributed by atoms with Crippen molar-refractivity contribution in [2.75, 3.05) is 19.7 Å². The minimum absolute atomic E-state index is 0.636. The quantitative estimate of drug-likeness (QED) is 0.378. The molecule has 0 amide bonds. The van der Waals surface area contributed by atoms with Gasteiger partial charge in [0.2, 0.25) is 0 Å². The van der Waals surface area contributed by atoms with Crippen LogP contribution in [0.3, 0.4) is 0 Å². The second-order valence-corrected chi connectivity index (χ2v) is 7.38. The number of nitrogens with zero attached hydrogens (tertiary/aromatic N) is 2. The van der Waals surface area contributed by atoms with Crippen molar-refractivity contribution in [1.82, 2.24) is 15.6 Å². The lowest BCUT2D eigenvalue weighted by Crippen LogP contribution is -2.38. The molecule has 5 nitrogen and oxygen atoms in total. The Morgan fingerprint density at radius 2 is 2.00 bits per heavy atom. The molecule has 0 radical (unpaired) electrons. The largest absolute Gasteiger partial charge is 0.377 e. The molecule has 2 rings (SSSR count). The number of nitrogens with one attached hydrogen (secondary N) is 2. The number of benzene rings is 1. The summed E-state index contributed by atoms with van der Waals surface area (Å²) in [4.78, 5) is 10.4. The van der Waals surface area contributed by atoms with E-state index in [0.29, 0.717) is 13.2 Å². The van der Waals surface area contributed by atoms with E-state index >= 15 is 0 Å². The Balaban J connectivity index is 1.91. The Kier molecular flexibility index (Phi) is 9.14. The van der Waals surface area contributed by atoms with E-state index in [0.717, 1.165) is 43.5 Å². The molecule has 0 atom stereocenters. The first-order valence-electron chi connectivity index (χ1n) is 9.31. The Morgan fingerprint density at radius 3 is 2.69 bits per heavy atom. The summed E-state index contributed by atoms with van der Waals surface area (Å²) in [5.74, 6) is 0.838. The molecule has 1 aromatic heterocycles. The van der Waals surface area contributed by atoms with Crippen LogP contribution in [-0.2, 0) is 24.3 Å². The van der Waals surface area contributed by atoms with Gasteiger partial charge in [-0.05, 0) is 31.4 Å². The molecule has 1 heterocycles. The van der Waals surface area contributed by atoms with Crippen molar-refractivity contribution in [3.8, 4) is 0 Å². The molecule has 26 heavy (non-hydrogen) atoms. The van der Waals surface area contributed by atoms with Crippen molar-refractivity contribution in [3.05, 3.63) is 51.5 Å². The zero-order valence-electron chi connectivity index (χ0n) is 16.0. The minimum Gasteiger partial charge on any atom is -0.377 e. The maximum Gasteiger partial charge on any atom is 0.191 e. The van der Waals surface area contributed by atoms with Gasteiger partial charge >= 0.3 is 0 Å². The highest BCUT2D eigenvalue weighted by Crippen LogP contribution is 2.12. The average Bonchev–Trinajstić information content (AvgIpc) is 3.06. The fraction of sp³-hybridized carbons (Fsp3) is 0.500. The lowest BCUT2D eigenvalue weighted by atomic mass is 10.1. The molecule has 0 bridgehead atoms. The van der Waals surface area contributed by atoms with Gasteiger partial charge in [0, 0.05) is 37.2 Å². The molecule has 2 N–H and O–H groups in total. The molecule has 0 aliphatic heterocycles. The maximum atomic E-state index is 5.69. The first-order chi connectivity index (χ1) is 12.7. The predicted octanol–water partition coefficient (Wildman–Crippen LogP) is 3.68. The van der Waals surface area contributed by atoms with Crippen LogP contribution in [-0.4, -0.2) is 30.6 Å². The number of guanidine groups is 1. The van der Waals surface area contributed by atoms with E-state index < -0.39 is 0 Å². The highest BCUT2D eigenvalue weighted by Gasteiger charge is 2.04. The first-order valence-corrected chi connectivity index (χ1v) is 10.1. The minimum atomic E-state index is 0.636. The van der Waals surface area contributed by atoms with Crippen LogP contribution in [0.25, 0.3) is 0 Å². The van der Waals surface area contributed by atoms with Gasteiger partial charge in [0.15, 0.2) is 5.96 Å². The molecule has 0 unspecified atom stereocenters. The Bertz CT molecular complexity index is 684. The number of aromatic nitrogens is 1. The second kappa shape index (κ2) is 11.6. The van der Waals surface area contributed by atoms with Gasteiger partial charge in [-0.25, -0.2) is 9.98 Å². The van der Waals surface area contributed by atoms with E-state index in [-0.39, 0.29) is 0 Å². The van der Waals surface area contributed by atoms with E-state index in [1.54, 1.807) is 11.3 Å². The molecule has 0 fully saturated rings.